The second-order valence-corrected chi connectivity index (χ2v) is 6.99. The Balaban J connectivity index is 1.70. The van der Waals surface area contributed by atoms with Gasteiger partial charge in [-0.3, -0.25) is 14.9 Å². The molecule has 2 aromatic rings. The number of hydrogen-bond acceptors (Lipinski definition) is 4. The maximum atomic E-state index is 12.7. The fourth-order valence-electron chi connectivity index (χ4n) is 3.07. The number of nitro benzene ring substituents is 1. The summed E-state index contributed by atoms with van der Waals surface area (Å²) >= 11 is 3.40. The summed E-state index contributed by atoms with van der Waals surface area (Å²) < 4.78 is 0.885. The lowest BCUT2D eigenvalue weighted by Crippen LogP contribution is -2.54. The van der Waals surface area contributed by atoms with Crippen LogP contribution in [0.5, 0.6) is 0 Å². The van der Waals surface area contributed by atoms with E-state index in [9.17, 15) is 14.9 Å². The summed E-state index contributed by atoms with van der Waals surface area (Å²) in [6.45, 7) is 4.02. The predicted molar refractivity (Wildman–Crippen MR) is 99.9 cm³/mol. The number of nitrogens with zero attached hydrogens (tertiary/aromatic N) is 3. The van der Waals surface area contributed by atoms with Gasteiger partial charge in [0.15, 0.2) is 0 Å². The van der Waals surface area contributed by atoms with Gasteiger partial charge in [-0.2, -0.15) is 0 Å². The SMILES string of the molecule is CC1CN(c2ccc([N+](=O)[O-])cc2)CCN1C(=O)c1cccc(Br)c1. The number of halogens is 1. The fraction of sp³-hybridized carbons (Fsp3) is 0.278. The number of rotatable bonds is 3. The molecule has 0 aliphatic carbocycles. The monoisotopic (exact) mass is 403 g/mol. The predicted octanol–water partition coefficient (Wildman–Crippen LogP) is 3.71. The van der Waals surface area contributed by atoms with E-state index in [0.717, 1.165) is 10.2 Å². The van der Waals surface area contributed by atoms with Gasteiger partial charge in [0.25, 0.3) is 11.6 Å². The minimum Gasteiger partial charge on any atom is -0.368 e. The van der Waals surface area contributed by atoms with Gasteiger partial charge in [-0.15, -0.1) is 0 Å². The number of amides is 1. The molecule has 2 aromatic carbocycles. The van der Waals surface area contributed by atoms with E-state index in [1.54, 1.807) is 12.1 Å². The molecule has 1 fully saturated rings. The van der Waals surface area contributed by atoms with Crippen LogP contribution in [-0.4, -0.2) is 41.4 Å². The van der Waals surface area contributed by atoms with Crippen LogP contribution in [0.15, 0.2) is 53.0 Å². The quantitative estimate of drug-likeness (QED) is 0.578. The highest BCUT2D eigenvalue weighted by molar-refractivity contribution is 9.10. The summed E-state index contributed by atoms with van der Waals surface area (Å²) in [6.07, 6.45) is 0. The highest BCUT2D eigenvalue weighted by Crippen LogP contribution is 2.23. The van der Waals surface area contributed by atoms with Crippen LogP contribution in [0.1, 0.15) is 17.3 Å². The topological polar surface area (TPSA) is 66.7 Å². The van der Waals surface area contributed by atoms with Gasteiger partial charge in [0.2, 0.25) is 0 Å². The number of anilines is 1. The molecule has 1 amide bonds. The highest BCUT2D eigenvalue weighted by Gasteiger charge is 2.28. The van der Waals surface area contributed by atoms with Crippen molar-refractivity contribution in [3.63, 3.8) is 0 Å². The molecule has 1 saturated heterocycles. The molecule has 130 valence electrons. The highest BCUT2D eigenvalue weighted by atomic mass is 79.9. The summed E-state index contributed by atoms with van der Waals surface area (Å²) in [7, 11) is 0. The summed E-state index contributed by atoms with van der Waals surface area (Å²) in [4.78, 5) is 27.1. The summed E-state index contributed by atoms with van der Waals surface area (Å²) in [5.41, 5.74) is 1.69. The van der Waals surface area contributed by atoms with Crippen LogP contribution in [0.4, 0.5) is 11.4 Å². The molecule has 0 bridgehead atoms. The van der Waals surface area contributed by atoms with Crippen LogP contribution in [0.3, 0.4) is 0 Å². The summed E-state index contributed by atoms with van der Waals surface area (Å²) in [6, 6.07) is 14.0. The first kappa shape index (κ1) is 17.4. The number of non-ortho nitro benzene ring substituents is 1. The van der Waals surface area contributed by atoms with Crippen molar-refractivity contribution in [1.82, 2.24) is 4.90 Å². The van der Waals surface area contributed by atoms with E-state index >= 15 is 0 Å². The zero-order valence-electron chi connectivity index (χ0n) is 13.8. The van der Waals surface area contributed by atoms with Gasteiger partial charge in [0.05, 0.1) is 4.92 Å². The minimum absolute atomic E-state index is 0.0251. The molecular formula is C18H18BrN3O3. The molecule has 6 nitrogen and oxygen atoms in total. The molecular weight excluding hydrogens is 386 g/mol. The molecule has 0 saturated carbocycles. The average Bonchev–Trinajstić information content (AvgIpc) is 2.61. The van der Waals surface area contributed by atoms with E-state index in [1.165, 1.54) is 12.1 Å². The molecule has 1 unspecified atom stereocenters. The van der Waals surface area contributed by atoms with Crippen LogP contribution in [0.2, 0.25) is 0 Å². The molecule has 0 spiro atoms. The van der Waals surface area contributed by atoms with Gasteiger partial charge in [-0.05, 0) is 37.3 Å². The first-order chi connectivity index (χ1) is 12.0. The Bertz CT molecular complexity index is 794. The normalized spacial score (nSPS) is 17.4. The first-order valence-electron chi connectivity index (χ1n) is 8.01. The number of nitro groups is 1. The van der Waals surface area contributed by atoms with Gasteiger partial charge in [0, 0.05) is 53.5 Å². The van der Waals surface area contributed by atoms with E-state index < -0.39 is 4.92 Å². The average molecular weight is 404 g/mol. The zero-order chi connectivity index (χ0) is 18.0. The number of benzene rings is 2. The van der Waals surface area contributed by atoms with Crippen molar-refractivity contribution in [3.8, 4) is 0 Å². The molecule has 1 aliphatic heterocycles. The van der Waals surface area contributed by atoms with Gasteiger partial charge in [0.1, 0.15) is 0 Å². The standard InChI is InChI=1S/C18H18BrN3O3/c1-13-12-20(16-5-7-17(8-6-16)22(24)25)9-10-21(13)18(23)14-3-2-4-15(19)11-14/h2-8,11,13H,9-10,12H2,1H3. The fourth-order valence-corrected chi connectivity index (χ4v) is 3.47. The van der Waals surface area contributed by atoms with Crippen molar-refractivity contribution >= 4 is 33.2 Å². The molecule has 7 heteroatoms. The van der Waals surface area contributed by atoms with Crippen LogP contribution in [0.25, 0.3) is 0 Å². The van der Waals surface area contributed by atoms with Crippen molar-refractivity contribution in [1.29, 1.82) is 0 Å². The Morgan fingerprint density at radius 1 is 1.20 bits per heavy atom. The number of carbonyl (C=O) groups is 1. The van der Waals surface area contributed by atoms with Crippen LogP contribution >= 0.6 is 15.9 Å². The Hall–Kier alpha value is -2.41. The number of piperazine rings is 1. The zero-order valence-corrected chi connectivity index (χ0v) is 15.3. The Kier molecular flexibility index (Phi) is 5.03. The van der Waals surface area contributed by atoms with Gasteiger partial charge in [-0.25, -0.2) is 0 Å². The van der Waals surface area contributed by atoms with Crippen molar-refractivity contribution in [2.24, 2.45) is 0 Å². The Morgan fingerprint density at radius 2 is 1.92 bits per heavy atom. The number of hydrogen-bond donors (Lipinski definition) is 0. The van der Waals surface area contributed by atoms with Crippen molar-refractivity contribution < 1.29 is 9.72 Å². The largest absolute Gasteiger partial charge is 0.368 e. The van der Waals surface area contributed by atoms with E-state index in [0.29, 0.717) is 25.2 Å². The third kappa shape index (κ3) is 3.82. The molecule has 25 heavy (non-hydrogen) atoms. The van der Waals surface area contributed by atoms with Gasteiger partial charge < -0.3 is 9.80 Å². The molecule has 0 radical (unpaired) electrons. The van der Waals surface area contributed by atoms with Gasteiger partial charge >= 0.3 is 0 Å². The Morgan fingerprint density at radius 3 is 2.52 bits per heavy atom. The maximum Gasteiger partial charge on any atom is 0.269 e. The van der Waals surface area contributed by atoms with Crippen molar-refractivity contribution in [3.05, 3.63) is 68.7 Å². The van der Waals surface area contributed by atoms with Crippen molar-refractivity contribution in [2.45, 2.75) is 13.0 Å². The van der Waals surface area contributed by atoms with Crippen LogP contribution in [0, 0.1) is 10.1 Å². The molecule has 1 aliphatic rings. The first-order valence-corrected chi connectivity index (χ1v) is 8.81. The second kappa shape index (κ2) is 7.23. The van der Waals surface area contributed by atoms with Crippen LogP contribution < -0.4 is 4.90 Å². The molecule has 1 atom stereocenters. The van der Waals surface area contributed by atoms with E-state index in [1.807, 2.05) is 36.1 Å². The number of carbonyl (C=O) groups excluding carboxylic acids is 1. The maximum absolute atomic E-state index is 12.7. The van der Waals surface area contributed by atoms with E-state index in [4.69, 9.17) is 0 Å². The summed E-state index contributed by atoms with van der Waals surface area (Å²) in [5, 5.41) is 10.8. The third-order valence-corrected chi connectivity index (χ3v) is 4.88. The molecule has 1 heterocycles. The molecule has 3 rings (SSSR count). The molecule has 0 aromatic heterocycles. The summed E-state index contributed by atoms with van der Waals surface area (Å²) in [5.74, 6) is 0.0251. The van der Waals surface area contributed by atoms with Crippen molar-refractivity contribution in [2.75, 3.05) is 24.5 Å². The Labute approximate surface area is 154 Å². The molecule has 0 N–H and O–H groups in total. The lowest BCUT2D eigenvalue weighted by molar-refractivity contribution is -0.384. The third-order valence-electron chi connectivity index (χ3n) is 4.39. The van der Waals surface area contributed by atoms with E-state index in [-0.39, 0.29) is 17.6 Å². The van der Waals surface area contributed by atoms with Gasteiger partial charge in [-0.1, -0.05) is 22.0 Å². The lowest BCUT2D eigenvalue weighted by atomic mass is 10.1. The smallest absolute Gasteiger partial charge is 0.269 e. The lowest BCUT2D eigenvalue weighted by Gasteiger charge is -2.41. The second-order valence-electron chi connectivity index (χ2n) is 6.08. The van der Waals surface area contributed by atoms with Crippen LogP contribution in [-0.2, 0) is 0 Å². The van der Waals surface area contributed by atoms with E-state index in [2.05, 4.69) is 20.8 Å². The minimum atomic E-state index is -0.402.